The van der Waals surface area contributed by atoms with E-state index in [1.54, 1.807) is 48.5 Å². The lowest BCUT2D eigenvalue weighted by Gasteiger charge is -2.11. The Kier molecular flexibility index (Phi) is 7.23. The van der Waals surface area contributed by atoms with E-state index >= 15 is 0 Å². The van der Waals surface area contributed by atoms with Crippen LogP contribution in [0.2, 0.25) is 0 Å². The van der Waals surface area contributed by atoms with E-state index in [2.05, 4.69) is 15.4 Å². The molecule has 0 atom stereocenters. The first kappa shape index (κ1) is 24.8. The number of nitrogens with one attached hydrogen (secondary N) is 3. The fraction of sp³-hybridized carbons (Fsp3) is 0. The predicted octanol–water partition coefficient (Wildman–Crippen LogP) is 4.90. The van der Waals surface area contributed by atoms with Gasteiger partial charge in [-0.25, -0.2) is 13.2 Å². The molecule has 0 spiro atoms. The van der Waals surface area contributed by atoms with Crippen LogP contribution in [-0.2, 0) is 20.1 Å². The third-order valence-electron chi connectivity index (χ3n) is 4.78. The summed E-state index contributed by atoms with van der Waals surface area (Å²) in [5.74, 6) is -0.0126. The van der Waals surface area contributed by atoms with Crippen molar-refractivity contribution in [2.24, 2.45) is 0 Å². The molecule has 0 bridgehead atoms. The number of hydrogen-bond donors (Lipinski definition) is 3. The summed E-state index contributed by atoms with van der Waals surface area (Å²) in [6.45, 7) is 0. The van der Waals surface area contributed by atoms with Crippen molar-refractivity contribution in [3.8, 4) is 5.75 Å². The average molecular weight is 524 g/mol. The molecular formula is C25H21N3O6S2. The number of urea groups is 1. The van der Waals surface area contributed by atoms with Crippen LogP contribution >= 0.6 is 0 Å². The molecule has 0 aliphatic rings. The van der Waals surface area contributed by atoms with Crippen molar-refractivity contribution in [2.75, 3.05) is 15.4 Å². The van der Waals surface area contributed by atoms with Crippen LogP contribution in [0.15, 0.2) is 119 Å². The molecule has 4 aromatic rings. The Morgan fingerprint density at radius 1 is 0.583 bits per heavy atom. The van der Waals surface area contributed by atoms with Gasteiger partial charge >= 0.3 is 16.1 Å². The Bertz CT molecular complexity index is 1560. The maximum Gasteiger partial charge on any atom is 0.339 e. The van der Waals surface area contributed by atoms with Crippen LogP contribution in [0.5, 0.6) is 5.75 Å². The van der Waals surface area contributed by atoms with Gasteiger partial charge < -0.3 is 14.8 Å². The summed E-state index contributed by atoms with van der Waals surface area (Å²) in [6, 6.07) is 27.1. The van der Waals surface area contributed by atoms with Gasteiger partial charge in [-0.3, -0.25) is 4.72 Å². The van der Waals surface area contributed by atoms with Gasteiger partial charge in [0.15, 0.2) is 0 Å². The van der Waals surface area contributed by atoms with Gasteiger partial charge in [-0.15, -0.1) is 0 Å². The highest BCUT2D eigenvalue weighted by molar-refractivity contribution is 7.92. The first-order valence-electron chi connectivity index (χ1n) is 10.6. The van der Waals surface area contributed by atoms with Crippen LogP contribution in [0, 0.1) is 0 Å². The quantitative estimate of drug-likeness (QED) is 0.282. The third kappa shape index (κ3) is 6.40. The lowest BCUT2D eigenvalue weighted by molar-refractivity contribution is 0.262. The van der Waals surface area contributed by atoms with Crippen molar-refractivity contribution < 1.29 is 25.8 Å². The Morgan fingerprint density at radius 3 is 1.83 bits per heavy atom. The molecule has 4 rings (SSSR count). The van der Waals surface area contributed by atoms with Crippen LogP contribution in [-0.4, -0.2) is 22.9 Å². The summed E-state index contributed by atoms with van der Waals surface area (Å²) in [5, 5.41) is 5.27. The Labute approximate surface area is 208 Å². The molecule has 0 unspecified atom stereocenters. The molecule has 9 nitrogen and oxygen atoms in total. The molecular weight excluding hydrogens is 502 g/mol. The Balaban J connectivity index is 1.42. The lowest BCUT2D eigenvalue weighted by Crippen LogP contribution is -2.19. The number of sulfonamides is 1. The van der Waals surface area contributed by atoms with Crippen LogP contribution in [0.25, 0.3) is 0 Å². The number of carbonyl (C=O) groups excluding carboxylic acids is 1. The van der Waals surface area contributed by atoms with Gasteiger partial charge in [0.1, 0.15) is 10.6 Å². The number of hydrogen-bond acceptors (Lipinski definition) is 6. The zero-order chi connectivity index (χ0) is 25.6. The number of carbonyl (C=O) groups is 1. The molecule has 0 aromatic heterocycles. The molecule has 0 fully saturated rings. The van der Waals surface area contributed by atoms with Gasteiger partial charge in [0, 0.05) is 23.1 Å². The van der Waals surface area contributed by atoms with E-state index in [4.69, 9.17) is 4.18 Å². The van der Waals surface area contributed by atoms with Gasteiger partial charge in [0.05, 0.1) is 4.90 Å². The maximum absolute atomic E-state index is 12.7. The first-order valence-corrected chi connectivity index (χ1v) is 13.5. The number of amides is 2. The van der Waals surface area contributed by atoms with Gasteiger partial charge in [0.25, 0.3) is 10.0 Å². The standard InChI is InChI=1S/C25H21N3O6S2/c29-25(26-19-8-3-1-4-9-19)27-21-10-7-11-22(18-21)34-36(32,33)24-16-14-20(15-17-24)28-35(30,31)23-12-5-2-6-13-23/h1-18,28H,(H2,26,27,29). The number of rotatable bonds is 8. The molecule has 2 amide bonds. The minimum atomic E-state index is -4.23. The second kappa shape index (κ2) is 10.5. The van der Waals surface area contributed by atoms with Gasteiger partial charge in [-0.05, 0) is 60.7 Å². The molecule has 0 aliphatic heterocycles. The smallest absolute Gasteiger partial charge is 0.339 e. The minimum Gasteiger partial charge on any atom is -0.379 e. The number of benzene rings is 4. The van der Waals surface area contributed by atoms with Gasteiger partial charge in [-0.2, -0.15) is 8.42 Å². The van der Waals surface area contributed by atoms with Gasteiger partial charge in [-0.1, -0.05) is 42.5 Å². The second-order valence-electron chi connectivity index (χ2n) is 7.45. The zero-order valence-corrected chi connectivity index (χ0v) is 20.3. The van der Waals surface area contributed by atoms with Crippen molar-refractivity contribution in [1.82, 2.24) is 0 Å². The zero-order valence-electron chi connectivity index (χ0n) is 18.7. The molecule has 0 saturated carbocycles. The molecule has 0 saturated heterocycles. The van der Waals surface area contributed by atoms with Crippen molar-refractivity contribution in [1.29, 1.82) is 0 Å². The first-order chi connectivity index (χ1) is 17.2. The average Bonchev–Trinajstić information content (AvgIpc) is 2.85. The molecule has 0 aliphatic carbocycles. The van der Waals surface area contributed by atoms with Crippen molar-refractivity contribution >= 4 is 43.2 Å². The topological polar surface area (TPSA) is 131 Å². The summed E-state index contributed by atoms with van der Waals surface area (Å²) >= 11 is 0. The fourth-order valence-corrected chi connectivity index (χ4v) is 5.12. The summed E-state index contributed by atoms with van der Waals surface area (Å²) in [5.41, 5.74) is 1.11. The van der Waals surface area contributed by atoms with Crippen LogP contribution < -0.4 is 19.5 Å². The van der Waals surface area contributed by atoms with Crippen molar-refractivity contribution in [3.05, 3.63) is 109 Å². The van der Waals surface area contributed by atoms with Crippen molar-refractivity contribution in [2.45, 2.75) is 9.79 Å². The molecule has 11 heteroatoms. The maximum atomic E-state index is 12.7. The third-order valence-corrected chi connectivity index (χ3v) is 7.44. The molecule has 184 valence electrons. The lowest BCUT2D eigenvalue weighted by atomic mass is 10.3. The van der Waals surface area contributed by atoms with Crippen LogP contribution in [0.1, 0.15) is 0 Å². The van der Waals surface area contributed by atoms with E-state index < -0.39 is 26.2 Å². The monoisotopic (exact) mass is 523 g/mol. The Morgan fingerprint density at radius 2 is 1.17 bits per heavy atom. The van der Waals surface area contributed by atoms with E-state index in [1.165, 1.54) is 54.6 Å². The van der Waals surface area contributed by atoms with Gasteiger partial charge in [0.2, 0.25) is 0 Å². The van der Waals surface area contributed by atoms with E-state index in [0.717, 1.165) is 0 Å². The van der Waals surface area contributed by atoms with E-state index in [1.807, 2.05) is 6.07 Å². The summed E-state index contributed by atoms with van der Waals surface area (Å²) in [4.78, 5) is 12.1. The molecule has 0 radical (unpaired) electrons. The van der Waals surface area contributed by atoms with Crippen LogP contribution in [0.3, 0.4) is 0 Å². The fourth-order valence-electron chi connectivity index (χ4n) is 3.12. The molecule has 0 heterocycles. The molecule has 3 N–H and O–H groups in total. The molecule has 4 aromatic carbocycles. The second-order valence-corrected chi connectivity index (χ2v) is 10.7. The largest absolute Gasteiger partial charge is 0.379 e. The number of para-hydroxylation sites is 1. The highest BCUT2D eigenvalue weighted by atomic mass is 32.2. The Hall–Kier alpha value is -4.35. The normalized spacial score (nSPS) is 11.3. The van der Waals surface area contributed by atoms with E-state index in [0.29, 0.717) is 11.4 Å². The summed E-state index contributed by atoms with van der Waals surface area (Å²) in [6.07, 6.45) is 0. The predicted molar refractivity (Wildman–Crippen MR) is 137 cm³/mol. The summed E-state index contributed by atoms with van der Waals surface area (Å²) in [7, 11) is -8.04. The summed E-state index contributed by atoms with van der Waals surface area (Å²) < 4.78 is 58.0. The highest BCUT2D eigenvalue weighted by Gasteiger charge is 2.19. The van der Waals surface area contributed by atoms with E-state index in [-0.39, 0.29) is 21.2 Å². The molecule has 36 heavy (non-hydrogen) atoms. The minimum absolute atomic E-state index is 0.0126. The van der Waals surface area contributed by atoms with Crippen molar-refractivity contribution in [3.63, 3.8) is 0 Å². The van der Waals surface area contributed by atoms with Crippen LogP contribution in [0.4, 0.5) is 21.9 Å². The number of anilines is 3. The SMILES string of the molecule is O=C(Nc1ccccc1)Nc1cccc(OS(=O)(=O)c2ccc(NS(=O)(=O)c3ccccc3)cc2)c1. The highest BCUT2D eigenvalue weighted by Crippen LogP contribution is 2.24. The van der Waals surface area contributed by atoms with E-state index in [9.17, 15) is 21.6 Å².